The van der Waals surface area contributed by atoms with Gasteiger partial charge in [0.25, 0.3) is 5.69 Å². The van der Waals surface area contributed by atoms with Crippen LogP contribution in [0.2, 0.25) is 0 Å². The second-order valence-electron chi connectivity index (χ2n) is 5.89. The molecule has 26 heavy (non-hydrogen) atoms. The third-order valence-corrected chi connectivity index (χ3v) is 4.74. The Balaban J connectivity index is 2.52. The number of anilines is 1. The van der Waals surface area contributed by atoms with Crippen molar-refractivity contribution in [3.05, 3.63) is 28.3 Å². The zero-order chi connectivity index (χ0) is 19.6. The van der Waals surface area contributed by atoms with Gasteiger partial charge in [-0.25, -0.2) is 8.42 Å². The van der Waals surface area contributed by atoms with Crippen LogP contribution in [0, 0.1) is 10.1 Å². The van der Waals surface area contributed by atoms with Crippen molar-refractivity contribution >= 4 is 27.2 Å². The monoisotopic (exact) mass is 385 g/mol. The molecule has 0 aliphatic rings. The molecule has 9 nitrogen and oxygen atoms in total. The molecule has 0 fully saturated rings. The van der Waals surface area contributed by atoms with Crippen LogP contribution < -0.4 is 16.4 Å². The lowest BCUT2D eigenvalue weighted by Crippen LogP contribution is -2.35. The number of nitrogens with zero attached hydrogens (tertiary/aromatic N) is 2. The predicted molar refractivity (Wildman–Crippen MR) is 103 cm³/mol. The summed E-state index contributed by atoms with van der Waals surface area (Å²) in [6, 6.07) is 3.78. The molecule has 0 spiro atoms. The summed E-state index contributed by atoms with van der Waals surface area (Å²) in [6.07, 6.45) is 5.48. The van der Waals surface area contributed by atoms with E-state index in [-0.39, 0.29) is 16.3 Å². The van der Waals surface area contributed by atoms with Crippen LogP contribution >= 0.6 is 0 Å². The van der Waals surface area contributed by atoms with E-state index in [2.05, 4.69) is 22.5 Å². The lowest BCUT2D eigenvalue weighted by molar-refractivity contribution is -0.384. The standard InChI is InChI=1S/C16H27N5O4S/c1-3-4-5-6-9-19-16(17)20-11-10-18-14-8-7-13(26(2,24)25)12-15(14)21(22)23/h7-8,12,18H,3-6,9-11H2,1-2H3,(H3,17,19,20). The Morgan fingerprint density at radius 2 is 2.00 bits per heavy atom. The van der Waals surface area contributed by atoms with Gasteiger partial charge >= 0.3 is 0 Å². The molecule has 0 aromatic heterocycles. The SMILES string of the molecule is CCCCCCN=C(N)NCCNc1ccc(S(C)(=O)=O)cc1[N+](=O)[O-]. The first-order chi connectivity index (χ1) is 12.3. The van der Waals surface area contributed by atoms with E-state index < -0.39 is 14.8 Å². The molecule has 0 bridgehead atoms. The van der Waals surface area contributed by atoms with Gasteiger partial charge in [-0.05, 0) is 18.6 Å². The van der Waals surface area contributed by atoms with Crippen LogP contribution in [0.25, 0.3) is 0 Å². The molecule has 0 atom stereocenters. The number of hydrogen-bond donors (Lipinski definition) is 3. The number of hydrogen-bond acceptors (Lipinski definition) is 6. The Kier molecular flexibility index (Phi) is 8.83. The van der Waals surface area contributed by atoms with Crippen LogP contribution in [-0.2, 0) is 9.84 Å². The molecule has 1 rings (SSSR count). The lowest BCUT2D eigenvalue weighted by atomic mass is 10.2. The first-order valence-electron chi connectivity index (χ1n) is 8.52. The predicted octanol–water partition coefficient (Wildman–Crippen LogP) is 1.89. The Bertz CT molecular complexity index is 734. The van der Waals surface area contributed by atoms with Crippen molar-refractivity contribution in [3.63, 3.8) is 0 Å². The zero-order valence-corrected chi connectivity index (χ0v) is 16.0. The molecular weight excluding hydrogens is 358 g/mol. The summed E-state index contributed by atoms with van der Waals surface area (Å²) >= 11 is 0. The number of nitro benzene ring substituents is 1. The quantitative estimate of drug-likeness (QED) is 0.174. The molecule has 0 unspecified atom stereocenters. The van der Waals surface area contributed by atoms with E-state index in [0.717, 1.165) is 25.2 Å². The van der Waals surface area contributed by atoms with Gasteiger partial charge in [0.2, 0.25) is 0 Å². The maximum atomic E-state index is 11.5. The van der Waals surface area contributed by atoms with E-state index >= 15 is 0 Å². The summed E-state index contributed by atoms with van der Waals surface area (Å²) in [4.78, 5) is 14.7. The van der Waals surface area contributed by atoms with E-state index in [4.69, 9.17) is 5.73 Å². The highest BCUT2D eigenvalue weighted by molar-refractivity contribution is 7.90. The Labute approximate surface area is 154 Å². The van der Waals surface area contributed by atoms with Gasteiger partial charge in [0.1, 0.15) is 5.69 Å². The molecule has 1 aromatic rings. The fourth-order valence-electron chi connectivity index (χ4n) is 2.22. The van der Waals surface area contributed by atoms with Crippen LogP contribution in [0.4, 0.5) is 11.4 Å². The number of rotatable bonds is 11. The molecule has 146 valence electrons. The fraction of sp³-hybridized carbons (Fsp3) is 0.562. The minimum atomic E-state index is -3.50. The molecule has 4 N–H and O–H groups in total. The Hall–Kier alpha value is -2.36. The number of nitro groups is 1. The van der Waals surface area contributed by atoms with Gasteiger partial charge in [0.05, 0.1) is 9.82 Å². The van der Waals surface area contributed by atoms with Gasteiger partial charge in [-0.2, -0.15) is 0 Å². The van der Waals surface area contributed by atoms with Crippen LogP contribution in [0.3, 0.4) is 0 Å². The summed E-state index contributed by atoms with van der Waals surface area (Å²) in [5, 5.41) is 17.0. The van der Waals surface area contributed by atoms with Crippen LogP contribution in [0.15, 0.2) is 28.1 Å². The van der Waals surface area contributed by atoms with Crippen molar-refractivity contribution in [3.8, 4) is 0 Å². The molecule has 10 heteroatoms. The third kappa shape index (κ3) is 7.68. The normalized spacial score (nSPS) is 12.0. The van der Waals surface area contributed by atoms with Gasteiger partial charge < -0.3 is 16.4 Å². The number of aliphatic imine (C=N–C) groups is 1. The smallest absolute Gasteiger partial charge is 0.293 e. The highest BCUT2D eigenvalue weighted by atomic mass is 32.2. The Morgan fingerprint density at radius 1 is 1.27 bits per heavy atom. The van der Waals surface area contributed by atoms with E-state index in [1.807, 2.05) is 0 Å². The maximum absolute atomic E-state index is 11.5. The zero-order valence-electron chi connectivity index (χ0n) is 15.2. The van der Waals surface area contributed by atoms with E-state index in [1.54, 1.807) is 0 Å². The van der Waals surface area contributed by atoms with Crippen molar-refractivity contribution in [2.24, 2.45) is 10.7 Å². The first kappa shape index (κ1) is 21.7. The minimum absolute atomic E-state index is 0.0904. The van der Waals surface area contributed by atoms with Crippen molar-refractivity contribution in [2.45, 2.75) is 37.5 Å². The summed E-state index contributed by atoms with van der Waals surface area (Å²) < 4.78 is 23.0. The van der Waals surface area contributed by atoms with Gasteiger partial charge in [-0.3, -0.25) is 15.1 Å². The van der Waals surface area contributed by atoms with E-state index in [9.17, 15) is 18.5 Å². The largest absolute Gasteiger partial charge is 0.378 e. The highest BCUT2D eigenvalue weighted by Gasteiger charge is 2.18. The van der Waals surface area contributed by atoms with Crippen LogP contribution in [0.1, 0.15) is 32.6 Å². The number of guanidine groups is 1. The fourth-order valence-corrected chi connectivity index (χ4v) is 2.87. The van der Waals surface area contributed by atoms with Crippen molar-refractivity contribution in [1.29, 1.82) is 0 Å². The number of benzene rings is 1. The van der Waals surface area contributed by atoms with Gasteiger partial charge in [0.15, 0.2) is 15.8 Å². The summed E-state index contributed by atoms with van der Waals surface area (Å²) in [6.45, 7) is 3.61. The molecule has 1 aromatic carbocycles. The highest BCUT2D eigenvalue weighted by Crippen LogP contribution is 2.27. The second-order valence-corrected chi connectivity index (χ2v) is 7.91. The van der Waals surface area contributed by atoms with Crippen LogP contribution in [-0.4, -0.2) is 45.2 Å². The average molecular weight is 385 g/mol. The molecule has 0 aliphatic heterocycles. The van der Waals surface area contributed by atoms with Crippen molar-refractivity contribution in [1.82, 2.24) is 5.32 Å². The van der Waals surface area contributed by atoms with Gasteiger partial charge in [-0.15, -0.1) is 0 Å². The maximum Gasteiger partial charge on any atom is 0.293 e. The topological polar surface area (TPSA) is 140 Å². The number of nitrogens with one attached hydrogen (secondary N) is 2. The summed E-state index contributed by atoms with van der Waals surface area (Å²) in [5.41, 5.74) is 5.71. The van der Waals surface area contributed by atoms with Crippen LogP contribution in [0.5, 0.6) is 0 Å². The van der Waals surface area contributed by atoms with Gasteiger partial charge in [0, 0.05) is 32.0 Å². The van der Waals surface area contributed by atoms with E-state index in [1.165, 1.54) is 25.0 Å². The minimum Gasteiger partial charge on any atom is -0.378 e. The molecule has 0 saturated heterocycles. The molecule has 0 aliphatic carbocycles. The number of sulfone groups is 1. The molecule has 0 heterocycles. The molecule has 0 saturated carbocycles. The number of unbranched alkanes of at least 4 members (excludes halogenated alkanes) is 3. The molecule has 0 amide bonds. The number of nitrogens with two attached hydrogens (primary N) is 1. The van der Waals surface area contributed by atoms with E-state index in [0.29, 0.717) is 25.6 Å². The van der Waals surface area contributed by atoms with Crippen molar-refractivity contribution in [2.75, 3.05) is 31.2 Å². The summed E-state index contributed by atoms with van der Waals surface area (Å²) in [5.74, 6) is 0.338. The molecular formula is C16H27N5O4S. The average Bonchev–Trinajstić information content (AvgIpc) is 2.57. The summed E-state index contributed by atoms with van der Waals surface area (Å²) in [7, 11) is -3.50. The first-order valence-corrected chi connectivity index (χ1v) is 10.4. The third-order valence-electron chi connectivity index (χ3n) is 3.63. The Morgan fingerprint density at radius 3 is 2.62 bits per heavy atom. The lowest BCUT2D eigenvalue weighted by Gasteiger charge is -2.09. The van der Waals surface area contributed by atoms with Gasteiger partial charge in [-0.1, -0.05) is 26.2 Å². The molecule has 0 radical (unpaired) electrons. The van der Waals surface area contributed by atoms with Crippen molar-refractivity contribution < 1.29 is 13.3 Å². The second kappa shape index (κ2) is 10.6.